The molecule has 0 atom stereocenters. The number of rotatable bonds is 10. The Hall–Kier alpha value is -7.94. The van der Waals surface area contributed by atoms with E-state index in [1.54, 1.807) is 0 Å². The maximum atomic E-state index is 2.34. The molecule has 0 spiro atoms. The minimum Gasteiger partial charge on any atom is -0.310 e. The van der Waals surface area contributed by atoms with Crippen LogP contribution in [0, 0.1) is 0 Å². The Morgan fingerprint density at radius 3 is 0.917 bits per heavy atom. The van der Waals surface area contributed by atoms with Crippen molar-refractivity contribution in [3.63, 3.8) is 0 Å². The summed E-state index contributed by atoms with van der Waals surface area (Å²) in [6, 6.07) is 86.8. The van der Waals surface area contributed by atoms with E-state index in [-0.39, 0.29) is 0 Å². The quantitative estimate of drug-likeness (QED) is 0.128. The molecule has 2 heteroatoms. The van der Waals surface area contributed by atoms with Crippen LogP contribution in [0.4, 0.5) is 34.1 Å². The highest BCUT2D eigenvalue weighted by Crippen LogP contribution is 2.41. The average molecular weight is 767 g/mol. The van der Waals surface area contributed by atoms with Gasteiger partial charge in [0.2, 0.25) is 0 Å². The normalized spacial score (nSPS) is 11.3. The molecule has 2 nitrogen and oxygen atoms in total. The molecule has 0 saturated carbocycles. The fourth-order valence-corrected chi connectivity index (χ4v) is 8.19. The van der Waals surface area contributed by atoms with Gasteiger partial charge in [-0.05, 0) is 105 Å². The molecule has 0 aliphatic rings. The molecule has 60 heavy (non-hydrogen) atoms. The zero-order chi connectivity index (χ0) is 40.1. The van der Waals surface area contributed by atoms with Gasteiger partial charge in [0.25, 0.3) is 0 Å². The van der Waals surface area contributed by atoms with Crippen molar-refractivity contribution in [2.24, 2.45) is 0 Å². The van der Waals surface area contributed by atoms with Gasteiger partial charge < -0.3 is 9.80 Å². The van der Waals surface area contributed by atoms with Gasteiger partial charge in [-0.1, -0.05) is 194 Å². The molecule has 10 rings (SSSR count). The van der Waals surface area contributed by atoms with Gasteiger partial charge in [0.05, 0.1) is 11.4 Å². The number of fused-ring (bicyclic) bond motifs is 2. The molecule has 10 aromatic carbocycles. The largest absolute Gasteiger partial charge is 0.310 e. The van der Waals surface area contributed by atoms with Crippen LogP contribution >= 0.6 is 0 Å². The summed E-state index contributed by atoms with van der Waals surface area (Å²) in [6.45, 7) is 0. The van der Waals surface area contributed by atoms with E-state index in [9.17, 15) is 0 Å². The fourth-order valence-electron chi connectivity index (χ4n) is 8.19. The molecule has 0 radical (unpaired) electrons. The summed E-state index contributed by atoms with van der Waals surface area (Å²) in [4.78, 5) is 4.69. The van der Waals surface area contributed by atoms with Gasteiger partial charge in [-0.3, -0.25) is 0 Å². The Balaban J connectivity index is 0.840. The van der Waals surface area contributed by atoms with Gasteiger partial charge in [0.1, 0.15) is 0 Å². The van der Waals surface area contributed by atoms with E-state index in [0.717, 1.165) is 45.3 Å². The van der Waals surface area contributed by atoms with E-state index >= 15 is 0 Å². The van der Waals surface area contributed by atoms with E-state index in [0.29, 0.717) is 0 Å². The summed E-state index contributed by atoms with van der Waals surface area (Å²) in [6.07, 6.45) is 4.37. The Bertz CT molecular complexity index is 2820. The van der Waals surface area contributed by atoms with Crippen LogP contribution in [-0.4, -0.2) is 0 Å². The van der Waals surface area contributed by atoms with Gasteiger partial charge in [-0.15, -0.1) is 0 Å². The number of benzene rings is 10. The molecular weight excluding hydrogens is 725 g/mol. The molecular formula is C58H42N2. The standard InChI is InChI=1S/C58H42N2/c1-3-17-51(18-4-1)59(57-23-11-15-49-13-7-9-21-55(49)57)53-39-35-47(36-40-53)45-31-27-43(28-32-45)25-26-44-29-33-46(34-30-44)48-37-41-54(42-38-48)60(52-19-5-2-6-20-52)58-24-12-16-50-14-8-10-22-56(50)58/h1-42H/b26-25+. The van der Waals surface area contributed by atoms with Gasteiger partial charge in [-0.25, -0.2) is 0 Å². The predicted molar refractivity (Wildman–Crippen MR) is 257 cm³/mol. The lowest BCUT2D eigenvalue weighted by Gasteiger charge is -2.27. The summed E-state index contributed by atoms with van der Waals surface area (Å²) in [5.74, 6) is 0. The van der Waals surface area contributed by atoms with Gasteiger partial charge >= 0.3 is 0 Å². The lowest BCUT2D eigenvalue weighted by molar-refractivity contribution is 1.30. The van der Waals surface area contributed by atoms with Gasteiger partial charge in [0.15, 0.2) is 0 Å². The molecule has 284 valence electrons. The van der Waals surface area contributed by atoms with Crippen LogP contribution in [0.15, 0.2) is 243 Å². The Labute approximate surface area is 352 Å². The highest BCUT2D eigenvalue weighted by Gasteiger charge is 2.17. The summed E-state index contributed by atoms with van der Waals surface area (Å²) >= 11 is 0. The monoisotopic (exact) mass is 766 g/mol. The van der Waals surface area contributed by atoms with Crippen LogP contribution in [0.3, 0.4) is 0 Å². The van der Waals surface area contributed by atoms with Gasteiger partial charge in [0, 0.05) is 33.5 Å². The molecule has 0 saturated heterocycles. The SMILES string of the molecule is C(=C\c1ccc(-c2ccc(N(c3ccccc3)c3cccc4ccccc34)cc2)cc1)/c1ccc(-c2ccc(N(c3ccccc3)c3cccc4ccccc34)cc2)cc1. The van der Waals surface area contributed by atoms with Gasteiger partial charge in [-0.2, -0.15) is 0 Å². The average Bonchev–Trinajstić information content (AvgIpc) is 3.33. The van der Waals surface area contributed by atoms with E-state index < -0.39 is 0 Å². The number of para-hydroxylation sites is 2. The molecule has 0 heterocycles. The fraction of sp³-hybridized carbons (Fsp3) is 0. The Kier molecular flexibility index (Phi) is 10.0. The van der Waals surface area contributed by atoms with Crippen molar-refractivity contribution in [3.8, 4) is 22.3 Å². The summed E-state index contributed by atoms with van der Waals surface area (Å²) in [5.41, 5.74) is 13.9. The molecule has 10 aromatic rings. The van der Waals surface area contributed by atoms with Crippen molar-refractivity contribution in [2.75, 3.05) is 9.80 Å². The second-order valence-electron chi connectivity index (χ2n) is 15.0. The second-order valence-corrected chi connectivity index (χ2v) is 15.0. The maximum absolute atomic E-state index is 2.34. The molecule has 0 amide bonds. The maximum Gasteiger partial charge on any atom is 0.0540 e. The Morgan fingerprint density at radius 2 is 0.533 bits per heavy atom. The van der Waals surface area contributed by atoms with Crippen LogP contribution in [0.1, 0.15) is 11.1 Å². The minimum atomic E-state index is 1.12. The van der Waals surface area contributed by atoms with E-state index in [4.69, 9.17) is 0 Å². The Morgan fingerprint density at radius 1 is 0.233 bits per heavy atom. The zero-order valence-electron chi connectivity index (χ0n) is 33.1. The number of hydrogen-bond donors (Lipinski definition) is 0. The molecule has 0 aliphatic heterocycles. The number of anilines is 6. The summed E-state index contributed by atoms with van der Waals surface area (Å²) in [7, 11) is 0. The molecule has 0 aromatic heterocycles. The van der Waals surface area contributed by atoms with Crippen molar-refractivity contribution in [3.05, 3.63) is 254 Å². The predicted octanol–water partition coefficient (Wildman–Crippen LogP) is 16.4. The van der Waals surface area contributed by atoms with Crippen LogP contribution in [-0.2, 0) is 0 Å². The molecule has 0 unspecified atom stereocenters. The van der Waals surface area contributed by atoms with Crippen molar-refractivity contribution < 1.29 is 0 Å². The summed E-state index contributed by atoms with van der Waals surface area (Å²) in [5, 5.41) is 4.90. The first kappa shape index (κ1) is 36.4. The molecule has 0 fully saturated rings. The van der Waals surface area contributed by atoms with E-state index in [1.165, 1.54) is 43.8 Å². The smallest absolute Gasteiger partial charge is 0.0540 e. The summed E-state index contributed by atoms with van der Waals surface area (Å²) < 4.78 is 0. The third kappa shape index (κ3) is 7.46. The minimum absolute atomic E-state index is 1.12. The first-order valence-electron chi connectivity index (χ1n) is 20.5. The molecule has 0 N–H and O–H groups in total. The van der Waals surface area contributed by atoms with E-state index in [2.05, 4.69) is 265 Å². The van der Waals surface area contributed by atoms with Crippen LogP contribution in [0.2, 0.25) is 0 Å². The highest BCUT2D eigenvalue weighted by molar-refractivity contribution is 6.00. The van der Waals surface area contributed by atoms with Crippen molar-refractivity contribution in [2.45, 2.75) is 0 Å². The number of hydrogen-bond acceptors (Lipinski definition) is 2. The lowest BCUT2D eigenvalue weighted by Crippen LogP contribution is -2.10. The highest BCUT2D eigenvalue weighted by atomic mass is 15.1. The number of nitrogens with zero attached hydrogens (tertiary/aromatic N) is 2. The molecule has 0 aliphatic carbocycles. The van der Waals surface area contributed by atoms with Crippen LogP contribution < -0.4 is 9.80 Å². The van der Waals surface area contributed by atoms with Crippen LogP contribution in [0.5, 0.6) is 0 Å². The van der Waals surface area contributed by atoms with Crippen molar-refractivity contribution in [1.29, 1.82) is 0 Å². The van der Waals surface area contributed by atoms with Crippen molar-refractivity contribution >= 4 is 67.8 Å². The zero-order valence-corrected chi connectivity index (χ0v) is 33.1. The van der Waals surface area contributed by atoms with Crippen LogP contribution in [0.25, 0.3) is 56.0 Å². The lowest BCUT2D eigenvalue weighted by atomic mass is 10.0. The molecule has 0 bridgehead atoms. The topological polar surface area (TPSA) is 6.48 Å². The third-order valence-electron chi connectivity index (χ3n) is 11.3. The first-order chi connectivity index (χ1) is 29.7. The van der Waals surface area contributed by atoms with Crippen molar-refractivity contribution in [1.82, 2.24) is 0 Å². The second kappa shape index (κ2) is 16.5. The van der Waals surface area contributed by atoms with E-state index in [1.807, 2.05) is 0 Å². The first-order valence-corrected chi connectivity index (χ1v) is 20.5. The third-order valence-corrected chi connectivity index (χ3v) is 11.3.